The van der Waals surface area contributed by atoms with Crippen molar-refractivity contribution in [3.05, 3.63) is 42.0 Å². The molecule has 0 aliphatic heterocycles. The zero-order valence-electron chi connectivity index (χ0n) is 9.51. The summed E-state index contributed by atoms with van der Waals surface area (Å²) in [5, 5.41) is 9.84. The Morgan fingerprint density at radius 1 is 1.29 bits per heavy atom. The fraction of sp³-hybridized carbons (Fsp3) is 0.333. The number of hydrogen-bond donors (Lipinski definition) is 1. The lowest BCUT2D eigenvalue weighted by molar-refractivity contribution is -0.140. The molecule has 0 saturated heterocycles. The molecular formula is C12H13F3O2. The van der Waals surface area contributed by atoms with Gasteiger partial charge in [-0.15, -0.1) is 0 Å². The van der Waals surface area contributed by atoms with Gasteiger partial charge in [-0.05, 0) is 24.6 Å². The van der Waals surface area contributed by atoms with E-state index in [-0.39, 0.29) is 11.3 Å². The van der Waals surface area contributed by atoms with Gasteiger partial charge in [-0.1, -0.05) is 18.7 Å². The van der Waals surface area contributed by atoms with Gasteiger partial charge in [-0.3, -0.25) is 0 Å². The Morgan fingerprint density at radius 2 is 1.88 bits per heavy atom. The first-order chi connectivity index (χ1) is 7.72. The monoisotopic (exact) mass is 246 g/mol. The van der Waals surface area contributed by atoms with Gasteiger partial charge in [0, 0.05) is 0 Å². The minimum atomic E-state index is -4.56. The molecule has 0 bridgehead atoms. The van der Waals surface area contributed by atoms with Gasteiger partial charge in [0.15, 0.2) is 0 Å². The van der Waals surface area contributed by atoms with Crippen LogP contribution in [0, 0.1) is 0 Å². The van der Waals surface area contributed by atoms with Crippen LogP contribution in [0.15, 0.2) is 30.9 Å². The summed E-state index contributed by atoms with van der Waals surface area (Å²) in [4.78, 5) is 0. The molecule has 1 unspecified atom stereocenters. The van der Waals surface area contributed by atoms with Crippen LogP contribution in [-0.4, -0.2) is 12.2 Å². The van der Waals surface area contributed by atoms with Crippen LogP contribution in [0.5, 0.6) is 5.75 Å². The van der Waals surface area contributed by atoms with Crippen LogP contribution < -0.4 is 4.74 Å². The third kappa shape index (κ3) is 2.79. The first kappa shape index (κ1) is 13.6. The van der Waals surface area contributed by atoms with Crippen LogP contribution in [0.2, 0.25) is 0 Å². The molecule has 0 spiro atoms. The summed E-state index contributed by atoms with van der Waals surface area (Å²) in [6, 6.07) is 3.40. The average molecular weight is 246 g/mol. The maximum atomic E-state index is 12.8. The Bertz CT molecular complexity index is 422. The molecule has 0 saturated carbocycles. The van der Waals surface area contributed by atoms with Crippen LogP contribution in [0.25, 0.3) is 0 Å². The highest BCUT2D eigenvalue weighted by molar-refractivity contribution is 5.42. The SMILES string of the molecule is C=CC(C)(O)c1ccc(OC)cc1C(F)(F)F. The van der Waals surface area contributed by atoms with Crippen molar-refractivity contribution in [2.45, 2.75) is 18.7 Å². The molecule has 0 amide bonds. The molecule has 1 atom stereocenters. The third-order valence-corrected chi connectivity index (χ3v) is 2.47. The number of methoxy groups -OCH3 is 1. The normalized spacial score (nSPS) is 15.2. The van der Waals surface area contributed by atoms with Crippen LogP contribution in [-0.2, 0) is 11.8 Å². The predicted molar refractivity (Wildman–Crippen MR) is 57.8 cm³/mol. The summed E-state index contributed by atoms with van der Waals surface area (Å²) < 4.78 is 43.2. The Labute approximate surface area is 97.3 Å². The second-order valence-electron chi connectivity index (χ2n) is 3.76. The molecule has 1 rings (SSSR count). The Hall–Kier alpha value is -1.49. The molecule has 94 valence electrons. The van der Waals surface area contributed by atoms with E-state index in [1.165, 1.54) is 26.2 Å². The van der Waals surface area contributed by atoms with E-state index in [1.54, 1.807) is 0 Å². The third-order valence-electron chi connectivity index (χ3n) is 2.47. The van der Waals surface area contributed by atoms with Gasteiger partial charge in [0.05, 0.1) is 12.7 Å². The highest BCUT2D eigenvalue weighted by atomic mass is 19.4. The predicted octanol–water partition coefficient (Wildman–Crippen LogP) is 3.11. The number of ether oxygens (including phenoxy) is 1. The van der Waals surface area contributed by atoms with E-state index in [1.807, 2.05) is 0 Å². The summed E-state index contributed by atoms with van der Waals surface area (Å²) >= 11 is 0. The summed E-state index contributed by atoms with van der Waals surface area (Å²) in [5.41, 5.74) is -2.92. The fourth-order valence-corrected chi connectivity index (χ4v) is 1.44. The molecule has 5 heteroatoms. The number of hydrogen-bond acceptors (Lipinski definition) is 2. The van der Waals surface area contributed by atoms with Crippen molar-refractivity contribution in [2.24, 2.45) is 0 Å². The molecule has 0 aliphatic rings. The molecule has 0 heterocycles. The maximum Gasteiger partial charge on any atom is 0.416 e. The highest BCUT2D eigenvalue weighted by Gasteiger charge is 2.38. The maximum absolute atomic E-state index is 12.8. The largest absolute Gasteiger partial charge is 0.497 e. The average Bonchev–Trinajstić information content (AvgIpc) is 2.27. The minimum absolute atomic E-state index is 0.0842. The molecule has 1 aromatic rings. The molecule has 0 radical (unpaired) electrons. The van der Waals surface area contributed by atoms with E-state index in [2.05, 4.69) is 6.58 Å². The smallest absolute Gasteiger partial charge is 0.416 e. The van der Waals surface area contributed by atoms with Gasteiger partial charge in [-0.25, -0.2) is 0 Å². The molecule has 1 N–H and O–H groups in total. The fourth-order valence-electron chi connectivity index (χ4n) is 1.44. The van der Waals surface area contributed by atoms with E-state index in [4.69, 9.17) is 4.74 Å². The van der Waals surface area contributed by atoms with Gasteiger partial charge in [0.25, 0.3) is 0 Å². The number of halogens is 3. The van der Waals surface area contributed by atoms with Crippen LogP contribution >= 0.6 is 0 Å². The molecule has 0 aromatic heterocycles. The molecule has 0 aliphatic carbocycles. The molecule has 2 nitrogen and oxygen atoms in total. The van der Waals surface area contributed by atoms with E-state index >= 15 is 0 Å². The van der Waals surface area contributed by atoms with Gasteiger partial charge in [0.1, 0.15) is 11.4 Å². The van der Waals surface area contributed by atoms with Crippen molar-refractivity contribution >= 4 is 0 Å². The van der Waals surface area contributed by atoms with E-state index in [0.717, 1.165) is 12.1 Å². The Morgan fingerprint density at radius 3 is 2.29 bits per heavy atom. The number of aliphatic hydroxyl groups is 1. The Balaban J connectivity index is 3.46. The quantitative estimate of drug-likeness (QED) is 0.830. The van der Waals surface area contributed by atoms with Crippen molar-refractivity contribution in [1.82, 2.24) is 0 Å². The van der Waals surface area contributed by atoms with Gasteiger partial charge in [-0.2, -0.15) is 13.2 Å². The van der Waals surface area contributed by atoms with Crippen LogP contribution in [0.4, 0.5) is 13.2 Å². The van der Waals surface area contributed by atoms with Gasteiger partial charge >= 0.3 is 6.18 Å². The second kappa shape index (κ2) is 4.41. The first-order valence-electron chi connectivity index (χ1n) is 4.84. The van der Waals surface area contributed by atoms with Crippen molar-refractivity contribution in [3.63, 3.8) is 0 Å². The topological polar surface area (TPSA) is 29.5 Å². The molecule has 17 heavy (non-hydrogen) atoms. The summed E-state index contributed by atoms with van der Waals surface area (Å²) in [6.07, 6.45) is -3.50. The molecule has 0 fully saturated rings. The van der Waals surface area contributed by atoms with Crippen molar-refractivity contribution < 1.29 is 23.0 Å². The second-order valence-corrected chi connectivity index (χ2v) is 3.76. The van der Waals surface area contributed by atoms with E-state index in [9.17, 15) is 18.3 Å². The molecule has 1 aromatic carbocycles. The number of benzene rings is 1. The van der Waals surface area contributed by atoms with Crippen molar-refractivity contribution in [2.75, 3.05) is 7.11 Å². The lowest BCUT2D eigenvalue weighted by Crippen LogP contribution is -2.23. The number of rotatable bonds is 3. The van der Waals surface area contributed by atoms with Crippen molar-refractivity contribution in [1.29, 1.82) is 0 Å². The standard InChI is InChI=1S/C12H13F3O2/c1-4-11(2,16)9-6-5-8(17-3)7-10(9)12(13,14)15/h4-7,16H,1H2,2-3H3. The lowest BCUT2D eigenvalue weighted by atomic mass is 9.91. The van der Waals surface area contributed by atoms with E-state index < -0.39 is 17.3 Å². The van der Waals surface area contributed by atoms with Crippen molar-refractivity contribution in [3.8, 4) is 5.75 Å². The molecular weight excluding hydrogens is 233 g/mol. The first-order valence-corrected chi connectivity index (χ1v) is 4.84. The lowest BCUT2D eigenvalue weighted by Gasteiger charge is -2.24. The zero-order valence-corrected chi connectivity index (χ0v) is 9.51. The summed E-state index contributed by atoms with van der Waals surface area (Å²) in [5.74, 6) is 0.0842. The van der Waals surface area contributed by atoms with Gasteiger partial charge < -0.3 is 9.84 Å². The highest BCUT2D eigenvalue weighted by Crippen LogP contribution is 2.38. The van der Waals surface area contributed by atoms with Gasteiger partial charge in [0.2, 0.25) is 0 Å². The minimum Gasteiger partial charge on any atom is -0.497 e. The zero-order chi connectivity index (χ0) is 13.3. The summed E-state index contributed by atoms with van der Waals surface area (Å²) in [6.45, 7) is 4.57. The van der Waals surface area contributed by atoms with Crippen LogP contribution in [0.3, 0.4) is 0 Å². The van der Waals surface area contributed by atoms with E-state index in [0.29, 0.717) is 0 Å². The summed E-state index contributed by atoms with van der Waals surface area (Å²) in [7, 11) is 1.28. The Kier molecular flexibility index (Phi) is 3.52. The number of alkyl halides is 3. The van der Waals surface area contributed by atoms with Crippen LogP contribution in [0.1, 0.15) is 18.1 Å².